The Kier molecular flexibility index (Phi) is 10.5. The van der Waals surface area contributed by atoms with E-state index in [1.807, 2.05) is 0 Å². The zero-order valence-electron chi connectivity index (χ0n) is 13.7. The van der Waals surface area contributed by atoms with Crippen molar-refractivity contribution in [3.8, 4) is 0 Å². The molecule has 116 valence electrons. The summed E-state index contributed by atoms with van der Waals surface area (Å²) in [4.78, 5) is 4.97. The van der Waals surface area contributed by atoms with Crippen LogP contribution in [0.1, 0.15) is 40.5 Å². The molecule has 4 heteroatoms. The molecule has 0 aliphatic heterocycles. The van der Waals surface area contributed by atoms with Gasteiger partial charge in [-0.3, -0.25) is 4.90 Å². The predicted molar refractivity (Wildman–Crippen MR) is 83.6 cm³/mol. The van der Waals surface area contributed by atoms with Crippen molar-refractivity contribution in [2.75, 3.05) is 53.0 Å². The Labute approximate surface area is 120 Å². The summed E-state index contributed by atoms with van der Waals surface area (Å²) in [6.45, 7) is 15.8. The smallest absolute Gasteiger partial charge is 0.0658 e. The Bertz CT molecular complexity index is 204. The number of methoxy groups -OCH3 is 1. The summed E-state index contributed by atoms with van der Waals surface area (Å²) in [6.07, 6.45) is 2.23. The van der Waals surface area contributed by atoms with Crippen LogP contribution in [0.3, 0.4) is 0 Å². The maximum absolute atomic E-state index is 6.03. The van der Waals surface area contributed by atoms with E-state index in [-0.39, 0.29) is 5.54 Å². The molecule has 0 saturated carbocycles. The van der Waals surface area contributed by atoms with E-state index in [4.69, 9.17) is 10.5 Å². The average Bonchev–Trinajstić information content (AvgIpc) is 2.46. The van der Waals surface area contributed by atoms with E-state index in [1.165, 1.54) is 13.0 Å². The van der Waals surface area contributed by atoms with Gasteiger partial charge in [-0.05, 0) is 39.0 Å². The van der Waals surface area contributed by atoms with Crippen molar-refractivity contribution in [2.45, 2.75) is 46.1 Å². The molecule has 0 aromatic rings. The Balaban J connectivity index is 4.44. The molecule has 0 aromatic heterocycles. The summed E-state index contributed by atoms with van der Waals surface area (Å²) in [7, 11) is 1.77. The molecule has 0 aliphatic rings. The zero-order valence-corrected chi connectivity index (χ0v) is 13.7. The number of hydrogen-bond acceptors (Lipinski definition) is 4. The van der Waals surface area contributed by atoms with Gasteiger partial charge in [0.05, 0.1) is 12.1 Å². The molecular formula is C15H35N3O. The van der Waals surface area contributed by atoms with E-state index >= 15 is 0 Å². The standard InChI is InChI=1S/C15H35N3O/c1-6-15(13-16,14-19-5)18(9-4)12-10-11-17(7-2)8-3/h6-14,16H2,1-5H3. The molecule has 0 bridgehead atoms. The monoisotopic (exact) mass is 273 g/mol. The highest BCUT2D eigenvalue weighted by Crippen LogP contribution is 2.19. The first kappa shape index (κ1) is 18.8. The maximum Gasteiger partial charge on any atom is 0.0658 e. The van der Waals surface area contributed by atoms with Crippen molar-refractivity contribution >= 4 is 0 Å². The molecule has 1 unspecified atom stereocenters. The van der Waals surface area contributed by atoms with Gasteiger partial charge in [0.1, 0.15) is 0 Å². The van der Waals surface area contributed by atoms with Gasteiger partial charge in [0.2, 0.25) is 0 Å². The van der Waals surface area contributed by atoms with Gasteiger partial charge in [-0.1, -0.05) is 27.7 Å². The fourth-order valence-electron chi connectivity index (χ4n) is 2.77. The fraction of sp³-hybridized carbons (Fsp3) is 1.00. The van der Waals surface area contributed by atoms with Crippen molar-refractivity contribution in [2.24, 2.45) is 5.73 Å². The Morgan fingerprint density at radius 3 is 2.00 bits per heavy atom. The van der Waals surface area contributed by atoms with Gasteiger partial charge in [0.25, 0.3) is 0 Å². The maximum atomic E-state index is 6.03. The molecule has 0 amide bonds. The van der Waals surface area contributed by atoms with Crippen LogP contribution in [0, 0.1) is 0 Å². The number of nitrogens with two attached hydrogens (primary N) is 1. The summed E-state index contributed by atoms with van der Waals surface area (Å²) in [5, 5.41) is 0. The number of likely N-dealkylation sites (N-methyl/N-ethyl adjacent to an activating group) is 1. The molecule has 0 radical (unpaired) electrons. The quantitative estimate of drug-likeness (QED) is 0.589. The zero-order chi connectivity index (χ0) is 14.7. The summed E-state index contributed by atoms with van der Waals surface area (Å²) in [5.74, 6) is 0. The summed E-state index contributed by atoms with van der Waals surface area (Å²) in [6, 6.07) is 0. The van der Waals surface area contributed by atoms with Crippen LogP contribution in [-0.4, -0.2) is 68.3 Å². The van der Waals surface area contributed by atoms with E-state index in [0.29, 0.717) is 6.54 Å². The van der Waals surface area contributed by atoms with Gasteiger partial charge in [0.15, 0.2) is 0 Å². The number of nitrogens with zero attached hydrogens (tertiary/aromatic N) is 2. The van der Waals surface area contributed by atoms with Gasteiger partial charge in [-0.15, -0.1) is 0 Å². The van der Waals surface area contributed by atoms with Crippen LogP contribution in [0.2, 0.25) is 0 Å². The van der Waals surface area contributed by atoms with E-state index in [9.17, 15) is 0 Å². The Morgan fingerprint density at radius 2 is 1.63 bits per heavy atom. The molecule has 0 saturated heterocycles. The van der Waals surface area contributed by atoms with Gasteiger partial charge < -0.3 is 15.4 Å². The van der Waals surface area contributed by atoms with E-state index in [1.54, 1.807) is 7.11 Å². The highest BCUT2D eigenvalue weighted by atomic mass is 16.5. The summed E-state index contributed by atoms with van der Waals surface area (Å²) < 4.78 is 5.41. The lowest BCUT2D eigenvalue weighted by Crippen LogP contribution is -2.57. The van der Waals surface area contributed by atoms with E-state index < -0.39 is 0 Å². The molecule has 1 atom stereocenters. The number of hydrogen-bond donors (Lipinski definition) is 1. The second-order valence-electron chi connectivity index (χ2n) is 5.18. The second-order valence-corrected chi connectivity index (χ2v) is 5.18. The predicted octanol–water partition coefficient (Wildman–Crippen LogP) is 1.79. The van der Waals surface area contributed by atoms with Crippen LogP contribution >= 0.6 is 0 Å². The first-order chi connectivity index (χ1) is 9.13. The second kappa shape index (κ2) is 10.6. The minimum Gasteiger partial charge on any atom is -0.383 e. The molecule has 0 aliphatic carbocycles. The van der Waals surface area contributed by atoms with Crippen molar-refractivity contribution in [3.63, 3.8) is 0 Å². The minimum absolute atomic E-state index is 0.00671. The topological polar surface area (TPSA) is 41.7 Å². The lowest BCUT2D eigenvalue weighted by Gasteiger charge is -2.42. The molecule has 0 spiro atoms. The molecular weight excluding hydrogens is 238 g/mol. The van der Waals surface area contributed by atoms with Gasteiger partial charge in [0, 0.05) is 20.2 Å². The SMILES string of the molecule is CCN(CC)CCCN(CC)C(CC)(CN)COC. The first-order valence-electron chi connectivity index (χ1n) is 7.80. The van der Waals surface area contributed by atoms with Crippen molar-refractivity contribution in [1.82, 2.24) is 9.80 Å². The van der Waals surface area contributed by atoms with Crippen LogP contribution in [0.4, 0.5) is 0 Å². The van der Waals surface area contributed by atoms with Crippen LogP contribution < -0.4 is 5.73 Å². The van der Waals surface area contributed by atoms with Crippen molar-refractivity contribution < 1.29 is 4.74 Å². The van der Waals surface area contributed by atoms with E-state index in [0.717, 1.165) is 39.2 Å². The van der Waals surface area contributed by atoms with Crippen LogP contribution in [-0.2, 0) is 4.74 Å². The normalized spacial score (nSPS) is 15.2. The van der Waals surface area contributed by atoms with Crippen LogP contribution in [0.25, 0.3) is 0 Å². The van der Waals surface area contributed by atoms with E-state index in [2.05, 4.69) is 37.5 Å². The molecule has 2 N–H and O–H groups in total. The summed E-state index contributed by atoms with van der Waals surface area (Å²) in [5.41, 5.74) is 6.04. The third-order valence-corrected chi connectivity index (χ3v) is 4.30. The fourth-order valence-corrected chi connectivity index (χ4v) is 2.77. The molecule has 0 rings (SSSR count). The first-order valence-corrected chi connectivity index (χ1v) is 7.80. The average molecular weight is 273 g/mol. The number of rotatable bonds is 12. The molecule has 0 heterocycles. The molecule has 19 heavy (non-hydrogen) atoms. The van der Waals surface area contributed by atoms with Crippen LogP contribution in [0.5, 0.6) is 0 Å². The van der Waals surface area contributed by atoms with Gasteiger partial charge in [-0.25, -0.2) is 0 Å². The molecule has 4 nitrogen and oxygen atoms in total. The lowest BCUT2D eigenvalue weighted by atomic mass is 9.94. The largest absolute Gasteiger partial charge is 0.383 e. The highest BCUT2D eigenvalue weighted by molar-refractivity contribution is 4.90. The Morgan fingerprint density at radius 1 is 1.00 bits per heavy atom. The summed E-state index contributed by atoms with van der Waals surface area (Å²) >= 11 is 0. The Hall–Kier alpha value is -0.160. The minimum atomic E-state index is 0.00671. The number of ether oxygens (including phenoxy) is 1. The van der Waals surface area contributed by atoms with Crippen molar-refractivity contribution in [1.29, 1.82) is 0 Å². The third kappa shape index (κ3) is 5.78. The van der Waals surface area contributed by atoms with Gasteiger partial charge in [-0.2, -0.15) is 0 Å². The van der Waals surface area contributed by atoms with Gasteiger partial charge >= 0.3 is 0 Å². The van der Waals surface area contributed by atoms with Crippen molar-refractivity contribution in [3.05, 3.63) is 0 Å². The van der Waals surface area contributed by atoms with Crippen LogP contribution in [0.15, 0.2) is 0 Å². The third-order valence-electron chi connectivity index (χ3n) is 4.30. The lowest BCUT2D eigenvalue weighted by molar-refractivity contribution is 0.0128. The molecule has 0 fully saturated rings. The highest BCUT2D eigenvalue weighted by Gasteiger charge is 2.32. The molecule has 0 aromatic carbocycles.